The number of rotatable bonds is 0. The molecule has 1 unspecified atom stereocenters. The SMILES string of the molecule is CN1C(F)=C2C(=O)CCCC2=CC1O. The Kier molecular flexibility index (Phi) is 2.15. The first kappa shape index (κ1) is 9.40. The summed E-state index contributed by atoms with van der Waals surface area (Å²) in [6, 6.07) is 0. The smallest absolute Gasteiger partial charge is 0.202 e. The van der Waals surface area contributed by atoms with Crippen molar-refractivity contribution in [3.05, 3.63) is 23.2 Å². The van der Waals surface area contributed by atoms with Crippen LogP contribution in [0.25, 0.3) is 0 Å². The minimum atomic E-state index is -0.945. The molecule has 4 heteroatoms. The van der Waals surface area contributed by atoms with Gasteiger partial charge in [-0.25, -0.2) is 0 Å². The quantitative estimate of drug-likeness (QED) is 0.591. The number of fused-ring (bicyclic) bond motifs is 1. The van der Waals surface area contributed by atoms with Crippen molar-refractivity contribution in [1.29, 1.82) is 0 Å². The highest BCUT2D eigenvalue weighted by Gasteiger charge is 2.31. The molecule has 1 aliphatic heterocycles. The zero-order valence-electron chi connectivity index (χ0n) is 7.96. The number of allylic oxidation sites excluding steroid dienone is 2. The summed E-state index contributed by atoms with van der Waals surface area (Å²) in [6.07, 6.45) is 2.44. The summed E-state index contributed by atoms with van der Waals surface area (Å²) in [7, 11) is 1.43. The molecule has 0 spiro atoms. The van der Waals surface area contributed by atoms with E-state index in [1.54, 1.807) is 6.08 Å². The number of hydrogen-bond acceptors (Lipinski definition) is 3. The minimum Gasteiger partial charge on any atom is -0.370 e. The largest absolute Gasteiger partial charge is 0.370 e. The van der Waals surface area contributed by atoms with Crippen molar-refractivity contribution in [2.45, 2.75) is 25.5 Å². The summed E-state index contributed by atoms with van der Waals surface area (Å²) in [5, 5.41) is 9.44. The highest BCUT2D eigenvalue weighted by Crippen LogP contribution is 2.34. The van der Waals surface area contributed by atoms with E-state index in [0.717, 1.165) is 11.3 Å². The van der Waals surface area contributed by atoms with Gasteiger partial charge in [-0.05, 0) is 24.5 Å². The summed E-state index contributed by atoms with van der Waals surface area (Å²) in [5.41, 5.74) is 0.827. The molecule has 1 aliphatic carbocycles. The van der Waals surface area contributed by atoms with Crippen LogP contribution in [0.5, 0.6) is 0 Å². The lowest BCUT2D eigenvalue weighted by Gasteiger charge is -2.31. The number of likely N-dealkylation sites (N-methyl/N-ethyl adjacent to an activating group) is 1. The monoisotopic (exact) mass is 197 g/mol. The van der Waals surface area contributed by atoms with Crippen molar-refractivity contribution < 1.29 is 14.3 Å². The zero-order valence-corrected chi connectivity index (χ0v) is 7.96. The lowest BCUT2D eigenvalue weighted by atomic mass is 9.86. The van der Waals surface area contributed by atoms with Crippen LogP contribution in [0.1, 0.15) is 19.3 Å². The molecule has 0 aromatic carbocycles. The number of carbonyl (C=O) groups is 1. The number of Topliss-reactive ketones (excluding diaryl/α,β-unsaturated/α-hetero) is 1. The van der Waals surface area contributed by atoms with Crippen molar-refractivity contribution in [2.24, 2.45) is 0 Å². The van der Waals surface area contributed by atoms with Crippen LogP contribution in [0.2, 0.25) is 0 Å². The number of halogens is 1. The topological polar surface area (TPSA) is 40.5 Å². The molecule has 0 aromatic heterocycles. The molecule has 1 fully saturated rings. The molecule has 2 aliphatic rings. The Hall–Kier alpha value is -1.16. The van der Waals surface area contributed by atoms with Gasteiger partial charge in [0.15, 0.2) is 5.78 Å². The van der Waals surface area contributed by atoms with E-state index in [2.05, 4.69) is 0 Å². The minimum absolute atomic E-state index is 0.154. The van der Waals surface area contributed by atoms with Crippen molar-refractivity contribution >= 4 is 5.78 Å². The summed E-state index contributed by atoms with van der Waals surface area (Å²) in [6.45, 7) is 0. The van der Waals surface area contributed by atoms with E-state index in [1.807, 2.05) is 0 Å². The van der Waals surface area contributed by atoms with Gasteiger partial charge in [-0.3, -0.25) is 4.79 Å². The highest BCUT2D eigenvalue weighted by atomic mass is 19.1. The Morgan fingerprint density at radius 3 is 3.00 bits per heavy atom. The van der Waals surface area contributed by atoms with Gasteiger partial charge in [0.25, 0.3) is 0 Å². The van der Waals surface area contributed by atoms with Gasteiger partial charge in [0.1, 0.15) is 6.23 Å². The molecule has 14 heavy (non-hydrogen) atoms. The van der Waals surface area contributed by atoms with Gasteiger partial charge in [0, 0.05) is 13.5 Å². The third-order valence-corrected chi connectivity index (χ3v) is 2.71. The van der Waals surface area contributed by atoms with Crippen LogP contribution in [0.15, 0.2) is 23.2 Å². The number of aliphatic hydroxyl groups excluding tert-OH is 1. The molecule has 0 saturated heterocycles. The number of hydrogen-bond donors (Lipinski definition) is 1. The van der Waals surface area contributed by atoms with E-state index in [0.29, 0.717) is 18.4 Å². The average molecular weight is 197 g/mol. The lowest BCUT2D eigenvalue weighted by Crippen LogP contribution is -2.34. The van der Waals surface area contributed by atoms with Crippen LogP contribution >= 0.6 is 0 Å². The standard InChI is InChI=1S/C10H12FNO2/c1-12-8(14)5-6-3-2-4-7(13)9(6)10(12)11/h5,8,14H,2-4H2,1H3. The fourth-order valence-corrected chi connectivity index (χ4v) is 1.87. The maximum Gasteiger partial charge on any atom is 0.202 e. The van der Waals surface area contributed by atoms with Gasteiger partial charge in [0.05, 0.1) is 5.57 Å². The van der Waals surface area contributed by atoms with E-state index in [4.69, 9.17) is 0 Å². The molecular formula is C10H12FNO2. The molecule has 1 N–H and O–H groups in total. The maximum absolute atomic E-state index is 13.6. The van der Waals surface area contributed by atoms with Gasteiger partial charge in [-0.15, -0.1) is 0 Å². The maximum atomic E-state index is 13.6. The van der Waals surface area contributed by atoms with Crippen LogP contribution in [0.4, 0.5) is 4.39 Å². The predicted molar refractivity (Wildman–Crippen MR) is 48.8 cm³/mol. The second kappa shape index (κ2) is 3.20. The van der Waals surface area contributed by atoms with Crippen LogP contribution in [0, 0.1) is 0 Å². The summed E-state index contributed by atoms with van der Waals surface area (Å²) in [5.74, 6) is -0.751. The van der Waals surface area contributed by atoms with Crippen LogP contribution in [-0.2, 0) is 4.79 Å². The van der Waals surface area contributed by atoms with E-state index in [9.17, 15) is 14.3 Å². The predicted octanol–water partition coefficient (Wildman–Crippen LogP) is 1.11. The summed E-state index contributed by atoms with van der Waals surface area (Å²) in [4.78, 5) is 12.5. The first-order valence-corrected chi connectivity index (χ1v) is 4.66. The Balaban J connectivity index is 2.46. The summed E-state index contributed by atoms with van der Waals surface area (Å²) >= 11 is 0. The Labute approximate surface area is 81.5 Å². The lowest BCUT2D eigenvalue weighted by molar-refractivity contribution is -0.116. The molecule has 0 radical (unpaired) electrons. The molecule has 2 rings (SSSR count). The van der Waals surface area contributed by atoms with Crippen molar-refractivity contribution in [3.63, 3.8) is 0 Å². The van der Waals surface area contributed by atoms with E-state index >= 15 is 0 Å². The number of aliphatic hydroxyl groups is 1. The van der Waals surface area contributed by atoms with Gasteiger partial charge >= 0.3 is 0 Å². The summed E-state index contributed by atoms with van der Waals surface area (Å²) < 4.78 is 13.6. The van der Waals surface area contributed by atoms with Crippen molar-refractivity contribution in [2.75, 3.05) is 7.05 Å². The molecule has 76 valence electrons. The highest BCUT2D eigenvalue weighted by molar-refractivity contribution is 6.01. The Bertz CT molecular complexity index is 346. The Morgan fingerprint density at radius 2 is 2.29 bits per heavy atom. The van der Waals surface area contributed by atoms with Crippen LogP contribution in [0.3, 0.4) is 0 Å². The number of carbonyl (C=O) groups excluding carboxylic acids is 1. The molecule has 1 heterocycles. The van der Waals surface area contributed by atoms with Crippen LogP contribution in [-0.4, -0.2) is 29.1 Å². The molecular weight excluding hydrogens is 185 g/mol. The fourth-order valence-electron chi connectivity index (χ4n) is 1.87. The fraction of sp³-hybridized carbons (Fsp3) is 0.500. The second-order valence-electron chi connectivity index (χ2n) is 3.66. The third-order valence-electron chi connectivity index (χ3n) is 2.71. The van der Waals surface area contributed by atoms with Gasteiger partial charge in [-0.2, -0.15) is 4.39 Å². The first-order chi connectivity index (χ1) is 6.61. The van der Waals surface area contributed by atoms with Crippen LogP contribution < -0.4 is 0 Å². The second-order valence-corrected chi connectivity index (χ2v) is 3.66. The van der Waals surface area contributed by atoms with Crippen molar-refractivity contribution in [1.82, 2.24) is 4.90 Å². The van der Waals surface area contributed by atoms with Gasteiger partial charge < -0.3 is 10.0 Å². The molecule has 0 aromatic rings. The van der Waals surface area contributed by atoms with E-state index in [1.165, 1.54) is 7.05 Å². The first-order valence-electron chi connectivity index (χ1n) is 4.66. The number of ketones is 1. The third kappa shape index (κ3) is 1.26. The molecule has 0 amide bonds. The zero-order chi connectivity index (χ0) is 10.3. The Morgan fingerprint density at radius 1 is 1.57 bits per heavy atom. The molecule has 0 bridgehead atoms. The number of nitrogens with zero attached hydrogens (tertiary/aromatic N) is 1. The average Bonchev–Trinajstić information content (AvgIpc) is 2.14. The van der Waals surface area contributed by atoms with E-state index in [-0.39, 0.29) is 11.4 Å². The van der Waals surface area contributed by atoms with Gasteiger partial charge in [-0.1, -0.05) is 0 Å². The molecule has 3 nitrogen and oxygen atoms in total. The molecule has 1 saturated carbocycles. The normalized spacial score (nSPS) is 27.6. The van der Waals surface area contributed by atoms with Gasteiger partial charge in [0.2, 0.25) is 5.95 Å². The van der Waals surface area contributed by atoms with Crippen molar-refractivity contribution in [3.8, 4) is 0 Å². The molecule has 1 atom stereocenters. The van der Waals surface area contributed by atoms with E-state index < -0.39 is 12.2 Å².